The van der Waals surface area contributed by atoms with Crippen molar-refractivity contribution in [2.75, 3.05) is 25.5 Å². The Morgan fingerprint density at radius 3 is 2.93 bits per heavy atom. The first kappa shape index (κ1) is 9.43. The molecule has 1 aliphatic rings. The Bertz CT molecular complexity index is 287. The number of rotatable bonds is 2. The third-order valence-corrected chi connectivity index (χ3v) is 2.55. The van der Waals surface area contributed by atoms with Crippen molar-refractivity contribution in [3.8, 4) is 0 Å². The molecule has 0 aliphatic carbocycles. The molecule has 1 aromatic rings. The van der Waals surface area contributed by atoms with Crippen LogP contribution >= 0.6 is 0 Å². The van der Waals surface area contributed by atoms with Gasteiger partial charge in [0.2, 0.25) is 0 Å². The van der Waals surface area contributed by atoms with E-state index in [1.54, 1.807) is 6.20 Å². The van der Waals surface area contributed by atoms with Crippen molar-refractivity contribution in [1.82, 2.24) is 9.88 Å². The molecule has 1 fully saturated rings. The van der Waals surface area contributed by atoms with E-state index in [0.29, 0.717) is 6.04 Å². The minimum atomic E-state index is 0.196. The molecule has 2 rings (SSSR count). The van der Waals surface area contributed by atoms with E-state index in [4.69, 9.17) is 5.73 Å². The van der Waals surface area contributed by atoms with Gasteiger partial charge in [-0.15, -0.1) is 0 Å². The first-order chi connectivity index (χ1) is 6.75. The molecular formula is C10H16N4. The summed E-state index contributed by atoms with van der Waals surface area (Å²) >= 11 is 0. The predicted octanol–water partition coefficient (Wildman–Crippen LogP) is 0.135. The first-order valence-corrected chi connectivity index (χ1v) is 4.87. The fraction of sp³-hybridized carbons (Fsp3) is 0.500. The number of nitrogens with one attached hydrogen (secondary N) is 1. The molecule has 0 aromatic carbocycles. The average Bonchev–Trinajstić information content (AvgIpc) is 2.47. The Morgan fingerprint density at radius 1 is 1.50 bits per heavy atom. The van der Waals surface area contributed by atoms with E-state index < -0.39 is 0 Å². The molecule has 2 heterocycles. The smallest absolute Gasteiger partial charge is 0.126 e. The van der Waals surface area contributed by atoms with E-state index in [0.717, 1.165) is 18.9 Å². The lowest BCUT2D eigenvalue weighted by molar-refractivity contribution is 0.409. The third kappa shape index (κ3) is 2.02. The fourth-order valence-electron chi connectivity index (χ4n) is 1.82. The first-order valence-electron chi connectivity index (χ1n) is 4.87. The maximum Gasteiger partial charge on any atom is 0.126 e. The number of nitrogens with two attached hydrogens (primary N) is 1. The number of hydrogen-bond acceptors (Lipinski definition) is 4. The standard InChI is InChI=1S/C10H16N4/c1-14-6-8(11)9(7-14)13-10-4-2-3-5-12-10/h2-5,8-9H,6-7,11H2,1H3,(H,12,13). The summed E-state index contributed by atoms with van der Waals surface area (Å²) in [6, 6.07) is 6.35. The average molecular weight is 192 g/mol. The summed E-state index contributed by atoms with van der Waals surface area (Å²) in [6.45, 7) is 1.93. The van der Waals surface area contributed by atoms with Gasteiger partial charge in [0.05, 0.1) is 6.04 Å². The molecule has 1 aliphatic heterocycles. The molecule has 3 N–H and O–H groups in total. The van der Waals surface area contributed by atoms with Crippen molar-refractivity contribution in [2.45, 2.75) is 12.1 Å². The molecule has 4 nitrogen and oxygen atoms in total. The second-order valence-corrected chi connectivity index (χ2v) is 3.85. The summed E-state index contributed by atoms with van der Waals surface area (Å²) in [5.41, 5.74) is 5.99. The maximum absolute atomic E-state index is 5.99. The topological polar surface area (TPSA) is 54.2 Å². The van der Waals surface area contributed by atoms with E-state index in [-0.39, 0.29) is 6.04 Å². The van der Waals surface area contributed by atoms with Crippen LogP contribution in [0.2, 0.25) is 0 Å². The van der Waals surface area contributed by atoms with Gasteiger partial charge in [0.15, 0.2) is 0 Å². The highest BCUT2D eigenvalue weighted by molar-refractivity contribution is 5.35. The summed E-state index contributed by atoms with van der Waals surface area (Å²) in [7, 11) is 2.08. The Hall–Kier alpha value is -1.13. The van der Waals surface area contributed by atoms with Crippen LogP contribution in [-0.4, -0.2) is 42.1 Å². The van der Waals surface area contributed by atoms with Crippen LogP contribution in [0.3, 0.4) is 0 Å². The number of likely N-dealkylation sites (tertiary alicyclic amines) is 1. The monoisotopic (exact) mass is 192 g/mol. The quantitative estimate of drug-likeness (QED) is 0.699. The predicted molar refractivity (Wildman–Crippen MR) is 57.1 cm³/mol. The highest BCUT2D eigenvalue weighted by atomic mass is 15.2. The second-order valence-electron chi connectivity index (χ2n) is 3.85. The lowest BCUT2D eigenvalue weighted by Crippen LogP contribution is -2.38. The van der Waals surface area contributed by atoms with E-state index >= 15 is 0 Å². The molecule has 0 amide bonds. The number of nitrogens with zero attached hydrogens (tertiary/aromatic N) is 2. The van der Waals surface area contributed by atoms with Crippen LogP contribution < -0.4 is 11.1 Å². The Kier molecular flexibility index (Phi) is 2.65. The van der Waals surface area contributed by atoms with Crippen LogP contribution in [0.1, 0.15) is 0 Å². The molecule has 2 atom stereocenters. The van der Waals surface area contributed by atoms with Gasteiger partial charge in [0, 0.05) is 25.3 Å². The highest BCUT2D eigenvalue weighted by Crippen LogP contribution is 2.11. The molecule has 14 heavy (non-hydrogen) atoms. The number of aromatic nitrogens is 1. The van der Waals surface area contributed by atoms with Crippen LogP contribution in [0.15, 0.2) is 24.4 Å². The minimum Gasteiger partial charge on any atom is -0.364 e. The number of pyridine rings is 1. The molecule has 0 spiro atoms. The summed E-state index contributed by atoms with van der Waals surface area (Å²) < 4.78 is 0. The van der Waals surface area contributed by atoms with Crippen molar-refractivity contribution < 1.29 is 0 Å². The molecule has 0 saturated carbocycles. The third-order valence-electron chi connectivity index (χ3n) is 2.55. The van der Waals surface area contributed by atoms with Gasteiger partial charge in [-0.05, 0) is 19.2 Å². The minimum absolute atomic E-state index is 0.196. The summed E-state index contributed by atoms with van der Waals surface area (Å²) in [5.74, 6) is 0.906. The summed E-state index contributed by atoms with van der Waals surface area (Å²) in [5, 5.41) is 3.34. The Labute approximate surface area is 84.1 Å². The van der Waals surface area contributed by atoms with Crippen LogP contribution in [0.25, 0.3) is 0 Å². The Morgan fingerprint density at radius 2 is 2.36 bits per heavy atom. The van der Waals surface area contributed by atoms with Gasteiger partial charge in [0.25, 0.3) is 0 Å². The highest BCUT2D eigenvalue weighted by Gasteiger charge is 2.27. The van der Waals surface area contributed by atoms with Crippen molar-refractivity contribution in [1.29, 1.82) is 0 Å². The zero-order valence-electron chi connectivity index (χ0n) is 8.35. The van der Waals surface area contributed by atoms with E-state index in [1.165, 1.54) is 0 Å². The van der Waals surface area contributed by atoms with E-state index in [1.807, 2.05) is 18.2 Å². The molecular weight excluding hydrogens is 176 g/mol. The summed E-state index contributed by atoms with van der Waals surface area (Å²) in [4.78, 5) is 6.44. The van der Waals surface area contributed by atoms with Crippen LogP contribution in [-0.2, 0) is 0 Å². The van der Waals surface area contributed by atoms with Crippen LogP contribution in [0.5, 0.6) is 0 Å². The fourth-order valence-corrected chi connectivity index (χ4v) is 1.82. The van der Waals surface area contributed by atoms with E-state index in [9.17, 15) is 0 Å². The summed E-state index contributed by atoms with van der Waals surface area (Å²) in [6.07, 6.45) is 1.78. The lowest BCUT2D eigenvalue weighted by atomic mass is 10.2. The molecule has 1 aromatic heterocycles. The van der Waals surface area contributed by atoms with Gasteiger partial charge in [-0.3, -0.25) is 0 Å². The number of anilines is 1. The Balaban J connectivity index is 1.98. The zero-order chi connectivity index (χ0) is 9.97. The van der Waals surface area contributed by atoms with Crippen molar-refractivity contribution in [2.24, 2.45) is 5.73 Å². The molecule has 0 radical (unpaired) electrons. The molecule has 76 valence electrons. The van der Waals surface area contributed by atoms with Gasteiger partial charge < -0.3 is 16.0 Å². The van der Waals surface area contributed by atoms with Gasteiger partial charge in [0.1, 0.15) is 5.82 Å². The van der Waals surface area contributed by atoms with Crippen LogP contribution in [0.4, 0.5) is 5.82 Å². The SMILES string of the molecule is CN1CC(N)C(Nc2ccccn2)C1. The van der Waals surface area contributed by atoms with E-state index in [2.05, 4.69) is 22.2 Å². The molecule has 0 bridgehead atoms. The van der Waals surface area contributed by atoms with Crippen LogP contribution in [0, 0.1) is 0 Å². The van der Waals surface area contributed by atoms with Gasteiger partial charge in [-0.25, -0.2) is 4.98 Å². The molecule has 4 heteroatoms. The zero-order valence-corrected chi connectivity index (χ0v) is 8.35. The van der Waals surface area contributed by atoms with Crippen molar-refractivity contribution in [3.63, 3.8) is 0 Å². The largest absolute Gasteiger partial charge is 0.364 e. The van der Waals surface area contributed by atoms with Gasteiger partial charge in [-0.2, -0.15) is 0 Å². The number of likely N-dealkylation sites (N-methyl/N-ethyl adjacent to an activating group) is 1. The number of hydrogen-bond donors (Lipinski definition) is 2. The van der Waals surface area contributed by atoms with Gasteiger partial charge >= 0.3 is 0 Å². The maximum atomic E-state index is 5.99. The normalized spacial score (nSPS) is 27.9. The molecule has 2 unspecified atom stereocenters. The van der Waals surface area contributed by atoms with Crippen molar-refractivity contribution >= 4 is 5.82 Å². The lowest BCUT2D eigenvalue weighted by Gasteiger charge is -2.16. The second kappa shape index (κ2) is 3.94. The van der Waals surface area contributed by atoms with Crippen molar-refractivity contribution in [3.05, 3.63) is 24.4 Å². The van der Waals surface area contributed by atoms with Gasteiger partial charge in [-0.1, -0.05) is 6.07 Å². The molecule has 1 saturated heterocycles.